The van der Waals surface area contributed by atoms with Crippen LogP contribution in [0.2, 0.25) is 0 Å². The zero-order valence-electron chi connectivity index (χ0n) is 20.9. The van der Waals surface area contributed by atoms with Crippen LogP contribution in [0.3, 0.4) is 0 Å². The van der Waals surface area contributed by atoms with Crippen LogP contribution in [-0.2, 0) is 6.61 Å². The number of benzene rings is 3. The van der Waals surface area contributed by atoms with Crippen molar-refractivity contribution in [3.8, 4) is 5.75 Å². The number of piperidine rings is 1. The number of ether oxygens (including phenoxy) is 1. The molecule has 39 heavy (non-hydrogen) atoms. The first-order valence-electron chi connectivity index (χ1n) is 12.5. The van der Waals surface area contributed by atoms with Crippen molar-refractivity contribution in [2.24, 2.45) is 5.10 Å². The molecule has 1 aliphatic rings. The van der Waals surface area contributed by atoms with E-state index in [0.717, 1.165) is 37.2 Å². The van der Waals surface area contributed by atoms with Crippen molar-refractivity contribution in [2.75, 3.05) is 28.7 Å². The van der Waals surface area contributed by atoms with Gasteiger partial charge in [-0.15, -0.1) is 0 Å². The Kier molecular flexibility index (Phi) is 9.00. The topological polar surface area (TPSA) is 87.6 Å². The molecule has 0 amide bonds. The summed E-state index contributed by atoms with van der Waals surface area (Å²) in [7, 11) is 0. The lowest BCUT2D eigenvalue weighted by molar-refractivity contribution is 0.296. The van der Waals surface area contributed by atoms with Crippen molar-refractivity contribution in [1.29, 1.82) is 0 Å². The fourth-order valence-corrected chi connectivity index (χ4v) is 5.53. The first-order chi connectivity index (χ1) is 19.0. The zero-order valence-corrected chi connectivity index (χ0v) is 24.1. The molecule has 1 fully saturated rings. The van der Waals surface area contributed by atoms with Crippen LogP contribution in [0.1, 0.15) is 30.4 Å². The summed E-state index contributed by atoms with van der Waals surface area (Å²) < 4.78 is 21.2. The van der Waals surface area contributed by atoms with E-state index in [9.17, 15) is 4.39 Å². The largest absolute Gasteiger partial charge is 0.486 e. The maximum Gasteiger partial charge on any atom is 0.250 e. The molecule has 0 spiro atoms. The Morgan fingerprint density at radius 3 is 2.33 bits per heavy atom. The third-order valence-electron chi connectivity index (χ3n) is 6.02. The van der Waals surface area contributed by atoms with Crippen molar-refractivity contribution < 1.29 is 9.13 Å². The van der Waals surface area contributed by atoms with Gasteiger partial charge < -0.3 is 15.0 Å². The summed E-state index contributed by atoms with van der Waals surface area (Å²) in [6.45, 7) is 1.92. The molecule has 3 aromatic carbocycles. The molecule has 2 heterocycles. The fraction of sp³-hybridized carbons (Fsp3) is 0.214. The van der Waals surface area contributed by atoms with E-state index in [1.54, 1.807) is 24.4 Å². The number of rotatable bonds is 9. The predicted octanol–water partition coefficient (Wildman–Crippen LogP) is 7.29. The molecule has 2 N–H and O–H groups in total. The van der Waals surface area contributed by atoms with Crippen molar-refractivity contribution in [2.45, 2.75) is 25.9 Å². The van der Waals surface area contributed by atoms with Gasteiger partial charge in [0, 0.05) is 24.3 Å². The standard InChI is InChI=1S/C28H26Br2FN7O/c29-22-15-19(16-23(30)25(22)39-18-20-9-5-6-12-24(20)31)17-32-37-27-34-26(33-21-10-3-1-4-11-21)35-28(36-27)38-13-7-2-8-14-38/h1,3-6,9-12,15-17H,2,7-8,13-14,18H2,(H2,33,34,35,36,37)/b32-17+. The van der Waals surface area contributed by atoms with Crippen LogP contribution in [0.25, 0.3) is 0 Å². The normalized spacial score (nSPS) is 13.5. The number of nitrogens with zero attached hydrogens (tertiary/aromatic N) is 5. The van der Waals surface area contributed by atoms with E-state index in [-0.39, 0.29) is 12.4 Å². The summed E-state index contributed by atoms with van der Waals surface area (Å²) in [5.41, 5.74) is 5.10. The molecule has 200 valence electrons. The number of halogens is 3. The van der Waals surface area contributed by atoms with Crippen molar-refractivity contribution in [1.82, 2.24) is 15.0 Å². The minimum atomic E-state index is -0.302. The maximum absolute atomic E-state index is 14.0. The molecule has 0 atom stereocenters. The molecule has 4 aromatic rings. The summed E-state index contributed by atoms with van der Waals surface area (Å²) in [6, 6.07) is 20.0. The Balaban J connectivity index is 1.30. The molecule has 0 saturated carbocycles. The van der Waals surface area contributed by atoms with E-state index < -0.39 is 0 Å². The Labute approximate surface area is 243 Å². The Hall–Kier alpha value is -3.57. The highest BCUT2D eigenvalue weighted by Gasteiger charge is 2.16. The van der Waals surface area contributed by atoms with Gasteiger partial charge in [0.2, 0.25) is 17.8 Å². The molecule has 8 nitrogen and oxygen atoms in total. The summed E-state index contributed by atoms with van der Waals surface area (Å²) in [4.78, 5) is 15.9. The van der Waals surface area contributed by atoms with Crippen LogP contribution in [0, 0.1) is 5.82 Å². The quantitative estimate of drug-likeness (QED) is 0.145. The number of hydrogen-bond donors (Lipinski definition) is 2. The first kappa shape index (κ1) is 27.0. The van der Waals surface area contributed by atoms with Gasteiger partial charge in [0.05, 0.1) is 15.2 Å². The lowest BCUT2D eigenvalue weighted by atomic mass is 10.1. The molecule has 0 bridgehead atoms. The molecule has 0 aliphatic carbocycles. The summed E-state index contributed by atoms with van der Waals surface area (Å²) in [5, 5.41) is 7.61. The molecular weight excluding hydrogens is 629 g/mol. The Morgan fingerprint density at radius 2 is 1.59 bits per heavy atom. The number of para-hydroxylation sites is 1. The number of aromatic nitrogens is 3. The van der Waals surface area contributed by atoms with Gasteiger partial charge in [-0.2, -0.15) is 20.1 Å². The summed E-state index contributed by atoms with van der Waals surface area (Å²) >= 11 is 7.09. The van der Waals surface area contributed by atoms with Crippen LogP contribution >= 0.6 is 31.9 Å². The van der Waals surface area contributed by atoms with Crippen molar-refractivity contribution in [3.05, 3.63) is 92.6 Å². The molecule has 5 rings (SSSR count). The highest BCUT2D eigenvalue weighted by molar-refractivity contribution is 9.11. The first-order valence-corrected chi connectivity index (χ1v) is 14.1. The highest BCUT2D eigenvalue weighted by Crippen LogP contribution is 2.35. The molecule has 0 unspecified atom stereocenters. The second-order valence-corrected chi connectivity index (χ2v) is 10.6. The van der Waals surface area contributed by atoms with Crippen molar-refractivity contribution in [3.63, 3.8) is 0 Å². The van der Waals surface area contributed by atoms with E-state index in [1.807, 2.05) is 42.5 Å². The van der Waals surface area contributed by atoms with Crippen LogP contribution < -0.4 is 20.4 Å². The monoisotopic (exact) mass is 653 g/mol. The minimum absolute atomic E-state index is 0.108. The van der Waals surface area contributed by atoms with Gasteiger partial charge in [0.1, 0.15) is 18.2 Å². The number of hydrogen-bond acceptors (Lipinski definition) is 8. The maximum atomic E-state index is 14.0. The summed E-state index contributed by atoms with van der Waals surface area (Å²) in [5.74, 6) is 1.66. The van der Waals surface area contributed by atoms with Gasteiger partial charge in [-0.25, -0.2) is 9.82 Å². The average molecular weight is 655 g/mol. The Bertz CT molecular complexity index is 1430. The van der Waals surface area contributed by atoms with E-state index in [2.05, 4.69) is 67.6 Å². The third-order valence-corrected chi connectivity index (χ3v) is 7.20. The molecule has 11 heteroatoms. The molecule has 1 aliphatic heterocycles. The van der Waals surface area contributed by atoms with Gasteiger partial charge in [-0.05, 0) is 87.0 Å². The lowest BCUT2D eigenvalue weighted by Gasteiger charge is -2.26. The Morgan fingerprint density at radius 1 is 0.897 bits per heavy atom. The van der Waals surface area contributed by atoms with Crippen LogP contribution in [0.15, 0.2) is 80.8 Å². The predicted molar refractivity (Wildman–Crippen MR) is 159 cm³/mol. The zero-order chi connectivity index (χ0) is 27.0. The van der Waals surface area contributed by atoms with Gasteiger partial charge in [-0.3, -0.25) is 0 Å². The second kappa shape index (κ2) is 13.0. The third kappa shape index (κ3) is 7.30. The number of anilines is 4. The van der Waals surface area contributed by atoms with Crippen LogP contribution in [-0.4, -0.2) is 34.3 Å². The van der Waals surface area contributed by atoms with E-state index >= 15 is 0 Å². The van der Waals surface area contributed by atoms with Gasteiger partial charge >= 0.3 is 0 Å². The van der Waals surface area contributed by atoms with E-state index in [1.165, 1.54) is 12.5 Å². The van der Waals surface area contributed by atoms with Gasteiger partial charge in [0.15, 0.2) is 0 Å². The van der Waals surface area contributed by atoms with Gasteiger partial charge in [0.25, 0.3) is 0 Å². The van der Waals surface area contributed by atoms with Crippen LogP contribution in [0.4, 0.5) is 27.9 Å². The molecule has 1 aromatic heterocycles. The van der Waals surface area contributed by atoms with Crippen molar-refractivity contribution >= 4 is 61.6 Å². The number of hydrazone groups is 1. The molecule has 0 radical (unpaired) electrons. The lowest BCUT2D eigenvalue weighted by Crippen LogP contribution is -2.31. The minimum Gasteiger partial charge on any atom is -0.486 e. The average Bonchev–Trinajstić information content (AvgIpc) is 2.94. The smallest absolute Gasteiger partial charge is 0.250 e. The number of nitrogens with one attached hydrogen (secondary N) is 2. The molecular formula is C28H26Br2FN7O. The second-order valence-electron chi connectivity index (χ2n) is 8.89. The fourth-order valence-electron chi connectivity index (χ4n) is 4.08. The van der Waals surface area contributed by atoms with Crippen LogP contribution in [0.5, 0.6) is 5.75 Å². The summed E-state index contributed by atoms with van der Waals surface area (Å²) in [6.07, 6.45) is 5.09. The van der Waals surface area contributed by atoms with Gasteiger partial charge in [-0.1, -0.05) is 36.4 Å². The molecule has 1 saturated heterocycles. The van der Waals surface area contributed by atoms with E-state index in [4.69, 9.17) is 4.74 Å². The highest BCUT2D eigenvalue weighted by atomic mass is 79.9. The SMILES string of the molecule is Fc1ccccc1COc1c(Br)cc(/C=N/Nc2nc(Nc3ccccc3)nc(N3CCCCC3)n2)cc1Br. The van der Waals surface area contributed by atoms with E-state index in [0.29, 0.717) is 38.1 Å².